The molecule has 15 heavy (non-hydrogen) atoms. The second-order valence-electron chi connectivity index (χ2n) is 4.03. The van der Waals surface area contributed by atoms with Crippen LogP contribution in [0.5, 0.6) is 0 Å². The van der Waals surface area contributed by atoms with Gasteiger partial charge in [0, 0.05) is 32.5 Å². The van der Waals surface area contributed by atoms with Crippen LogP contribution in [0.25, 0.3) is 0 Å². The van der Waals surface area contributed by atoms with Crippen molar-refractivity contribution in [2.24, 2.45) is 0 Å². The summed E-state index contributed by atoms with van der Waals surface area (Å²) >= 11 is 0. The summed E-state index contributed by atoms with van der Waals surface area (Å²) < 4.78 is 0. The van der Waals surface area contributed by atoms with E-state index in [9.17, 15) is 4.79 Å². The van der Waals surface area contributed by atoms with E-state index in [1.165, 1.54) is 12.8 Å². The molecule has 2 rings (SSSR count). The summed E-state index contributed by atoms with van der Waals surface area (Å²) in [4.78, 5) is 17.8. The highest BCUT2D eigenvalue weighted by atomic mass is 35.5. The minimum absolute atomic E-state index is 0. The summed E-state index contributed by atoms with van der Waals surface area (Å²) in [6.07, 6.45) is 6.31. The molecule has 0 aromatic heterocycles. The van der Waals surface area contributed by atoms with Gasteiger partial charge in [0.25, 0.3) is 0 Å². The standard InChI is InChI=1S/C10H17N3O.ClH/c1-11-6-7-12(9-11)8-10(14)13-4-2-3-5-13;/h6-7H,2-5,8-9H2,1H3;1H. The Morgan fingerprint density at radius 2 is 1.93 bits per heavy atom. The molecule has 0 atom stereocenters. The van der Waals surface area contributed by atoms with Gasteiger partial charge in [0.1, 0.15) is 0 Å². The largest absolute Gasteiger partial charge is 0.362 e. The maximum absolute atomic E-state index is 11.7. The number of halogens is 1. The van der Waals surface area contributed by atoms with Crippen LogP contribution in [0.1, 0.15) is 12.8 Å². The molecule has 86 valence electrons. The summed E-state index contributed by atoms with van der Waals surface area (Å²) in [6.45, 7) is 3.26. The Balaban J connectivity index is 0.00000112. The van der Waals surface area contributed by atoms with E-state index in [1.54, 1.807) is 0 Å². The molecule has 2 aliphatic heterocycles. The number of carbonyl (C=O) groups is 1. The summed E-state index contributed by atoms with van der Waals surface area (Å²) in [5.74, 6) is 0.266. The third-order valence-corrected chi connectivity index (χ3v) is 2.73. The number of rotatable bonds is 2. The van der Waals surface area contributed by atoms with Crippen molar-refractivity contribution < 1.29 is 4.79 Å². The Labute approximate surface area is 96.9 Å². The van der Waals surface area contributed by atoms with Crippen molar-refractivity contribution >= 4 is 18.3 Å². The first-order chi connectivity index (χ1) is 6.75. The first kappa shape index (κ1) is 12.2. The Bertz CT molecular complexity index is 251. The Morgan fingerprint density at radius 1 is 1.27 bits per heavy atom. The van der Waals surface area contributed by atoms with Crippen molar-refractivity contribution in [1.82, 2.24) is 14.7 Å². The maximum Gasteiger partial charge on any atom is 0.242 e. The van der Waals surface area contributed by atoms with Crippen LogP contribution in [0, 0.1) is 0 Å². The molecule has 4 nitrogen and oxygen atoms in total. The minimum Gasteiger partial charge on any atom is -0.362 e. The van der Waals surface area contributed by atoms with Crippen LogP contribution in [-0.4, -0.2) is 54.0 Å². The van der Waals surface area contributed by atoms with Crippen molar-refractivity contribution in [1.29, 1.82) is 0 Å². The van der Waals surface area contributed by atoms with Crippen molar-refractivity contribution in [3.63, 3.8) is 0 Å². The van der Waals surface area contributed by atoms with Gasteiger partial charge >= 0.3 is 0 Å². The molecule has 0 aliphatic carbocycles. The Kier molecular flexibility index (Phi) is 4.27. The van der Waals surface area contributed by atoms with Gasteiger partial charge in [-0.25, -0.2) is 0 Å². The minimum atomic E-state index is 0. The second-order valence-corrected chi connectivity index (χ2v) is 4.03. The van der Waals surface area contributed by atoms with Crippen LogP contribution in [0.4, 0.5) is 0 Å². The summed E-state index contributed by atoms with van der Waals surface area (Å²) in [7, 11) is 2.01. The van der Waals surface area contributed by atoms with Crippen LogP contribution < -0.4 is 0 Å². The third-order valence-electron chi connectivity index (χ3n) is 2.73. The third kappa shape index (κ3) is 3.02. The van der Waals surface area contributed by atoms with Crippen LogP contribution in [-0.2, 0) is 4.79 Å². The van der Waals surface area contributed by atoms with Gasteiger partial charge in [-0.1, -0.05) is 0 Å². The predicted molar refractivity (Wildman–Crippen MR) is 61.5 cm³/mol. The van der Waals surface area contributed by atoms with Gasteiger partial charge in [0.05, 0.1) is 13.2 Å². The Morgan fingerprint density at radius 3 is 2.47 bits per heavy atom. The maximum atomic E-state index is 11.7. The molecule has 0 unspecified atom stereocenters. The van der Waals surface area contributed by atoms with Crippen LogP contribution >= 0.6 is 12.4 Å². The van der Waals surface area contributed by atoms with Gasteiger partial charge in [0.15, 0.2) is 0 Å². The first-order valence-electron chi connectivity index (χ1n) is 5.16. The summed E-state index contributed by atoms with van der Waals surface area (Å²) in [5, 5.41) is 0. The first-order valence-corrected chi connectivity index (χ1v) is 5.16. The topological polar surface area (TPSA) is 26.8 Å². The normalized spacial score (nSPS) is 19.7. The predicted octanol–water partition coefficient (Wildman–Crippen LogP) is 0.707. The summed E-state index contributed by atoms with van der Waals surface area (Å²) in [5.41, 5.74) is 0. The van der Waals surface area contributed by atoms with E-state index < -0.39 is 0 Å². The molecule has 0 bridgehead atoms. The molecule has 1 fully saturated rings. The molecule has 1 amide bonds. The van der Waals surface area contributed by atoms with E-state index in [0.29, 0.717) is 6.54 Å². The molecule has 2 heterocycles. The molecule has 0 radical (unpaired) electrons. The molecule has 0 saturated carbocycles. The van der Waals surface area contributed by atoms with Crippen molar-refractivity contribution in [3.8, 4) is 0 Å². The van der Waals surface area contributed by atoms with E-state index >= 15 is 0 Å². The molecular formula is C10H18ClN3O. The van der Waals surface area contributed by atoms with E-state index in [0.717, 1.165) is 19.8 Å². The van der Waals surface area contributed by atoms with Gasteiger partial charge in [-0.2, -0.15) is 0 Å². The van der Waals surface area contributed by atoms with Crippen molar-refractivity contribution in [3.05, 3.63) is 12.4 Å². The summed E-state index contributed by atoms with van der Waals surface area (Å²) in [6, 6.07) is 0. The van der Waals surface area contributed by atoms with Crippen LogP contribution in [0.2, 0.25) is 0 Å². The molecular weight excluding hydrogens is 214 g/mol. The number of likely N-dealkylation sites (tertiary alicyclic amines) is 1. The van der Waals surface area contributed by atoms with Crippen molar-refractivity contribution in [2.75, 3.05) is 33.4 Å². The zero-order valence-electron chi connectivity index (χ0n) is 9.06. The van der Waals surface area contributed by atoms with E-state index in [-0.39, 0.29) is 18.3 Å². The molecule has 0 aromatic carbocycles. The molecule has 5 heteroatoms. The molecule has 0 aromatic rings. The second kappa shape index (κ2) is 5.26. The lowest BCUT2D eigenvalue weighted by molar-refractivity contribution is -0.130. The monoisotopic (exact) mass is 231 g/mol. The lowest BCUT2D eigenvalue weighted by atomic mass is 10.4. The lowest BCUT2D eigenvalue weighted by Gasteiger charge is -2.21. The van der Waals surface area contributed by atoms with E-state index in [1.807, 2.05) is 29.2 Å². The number of hydrogen-bond donors (Lipinski definition) is 0. The number of carbonyl (C=O) groups excluding carboxylic acids is 1. The highest BCUT2D eigenvalue weighted by Crippen LogP contribution is 2.09. The van der Waals surface area contributed by atoms with Crippen LogP contribution in [0.3, 0.4) is 0 Å². The van der Waals surface area contributed by atoms with Crippen LogP contribution in [0.15, 0.2) is 12.4 Å². The zero-order chi connectivity index (χ0) is 9.97. The zero-order valence-corrected chi connectivity index (χ0v) is 9.87. The number of nitrogens with zero attached hydrogens (tertiary/aromatic N) is 3. The number of amides is 1. The smallest absolute Gasteiger partial charge is 0.242 e. The highest BCUT2D eigenvalue weighted by molar-refractivity contribution is 5.85. The lowest BCUT2D eigenvalue weighted by Crippen LogP contribution is -2.37. The Hall–Kier alpha value is -0.900. The quantitative estimate of drug-likeness (QED) is 0.700. The fourth-order valence-electron chi connectivity index (χ4n) is 1.93. The van der Waals surface area contributed by atoms with Gasteiger partial charge in [0.2, 0.25) is 5.91 Å². The fourth-order valence-corrected chi connectivity index (χ4v) is 1.93. The van der Waals surface area contributed by atoms with Gasteiger partial charge in [-0.15, -0.1) is 12.4 Å². The molecule has 1 saturated heterocycles. The van der Waals surface area contributed by atoms with E-state index in [4.69, 9.17) is 0 Å². The number of hydrogen-bond acceptors (Lipinski definition) is 3. The fraction of sp³-hybridized carbons (Fsp3) is 0.700. The SMILES string of the molecule is CN1C=CN(CC(=O)N2CCCC2)C1.Cl. The molecule has 0 spiro atoms. The average Bonchev–Trinajstić information content (AvgIpc) is 2.75. The van der Waals surface area contributed by atoms with E-state index in [2.05, 4.69) is 4.90 Å². The molecule has 0 N–H and O–H groups in total. The van der Waals surface area contributed by atoms with Gasteiger partial charge < -0.3 is 14.7 Å². The molecule has 2 aliphatic rings. The average molecular weight is 232 g/mol. The van der Waals surface area contributed by atoms with Gasteiger partial charge in [-0.05, 0) is 12.8 Å². The van der Waals surface area contributed by atoms with Crippen molar-refractivity contribution in [2.45, 2.75) is 12.8 Å². The highest BCUT2D eigenvalue weighted by Gasteiger charge is 2.20. The van der Waals surface area contributed by atoms with Gasteiger partial charge in [-0.3, -0.25) is 4.79 Å².